The van der Waals surface area contributed by atoms with Crippen molar-refractivity contribution in [2.24, 2.45) is 0 Å². The van der Waals surface area contributed by atoms with E-state index in [-0.39, 0.29) is 12.3 Å². The van der Waals surface area contributed by atoms with E-state index in [1.54, 1.807) is 18.2 Å². The van der Waals surface area contributed by atoms with Crippen molar-refractivity contribution in [3.05, 3.63) is 72.6 Å². The van der Waals surface area contributed by atoms with Gasteiger partial charge >= 0.3 is 6.18 Å². The Kier molecular flexibility index (Phi) is 6.10. The Morgan fingerprint density at radius 1 is 1.00 bits per heavy atom. The summed E-state index contributed by atoms with van der Waals surface area (Å²) < 4.78 is 41.3. The fraction of sp³-hybridized carbons (Fsp3) is 0.200. The van der Waals surface area contributed by atoms with Crippen LogP contribution in [0, 0.1) is 0 Å². The zero-order chi connectivity index (χ0) is 20.0. The predicted octanol–water partition coefficient (Wildman–Crippen LogP) is 4.23. The van der Waals surface area contributed by atoms with Crippen molar-refractivity contribution in [3.8, 4) is 17.0 Å². The number of nitrogens with zero attached hydrogens (tertiary/aromatic N) is 2. The van der Waals surface area contributed by atoms with Crippen LogP contribution in [0.1, 0.15) is 11.7 Å². The molecule has 146 valence electrons. The lowest BCUT2D eigenvalue weighted by atomic mass is 10.1. The molecule has 28 heavy (non-hydrogen) atoms. The third-order valence-corrected chi connectivity index (χ3v) is 3.88. The molecule has 3 aromatic rings. The molecule has 8 heteroatoms. The molecule has 0 aliphatic heterocycles. The molecule has 0 unspecified atom stereocenters. The molecule has 0 aliphatic rings. The Hall–Kier alpha value is -3.13. The number of aliphatic hydroxyl groups is 1. The van der Waals surface area contributed by atoms with E-state index in [4.69, 9.17) is 4.74 Å². The lowest BCUT2D eigenvalue weighted by Gasteiger charge is -2.13. The quantitative estimate of drug-likeness (QED) is 0.633. The molecule has 2 aromatic carbocycles. The summed E-state index contributed by atoms with van der Waals surface area (Å²) >= 11 is 0. The second-order valence-corrected chi connectivity index (χ2v) is 6.02. The first-order valence-corrected chi connectivity index (χ1v) is 8.49. The molecule has 0 saturated carbocycles. The van der Waals surface area contributed by atoms with Crippen molar-refractivity contribution in [2.45, 2.75) is 12.3 Å². The molecular formula is C20H18F3N3O2. The van der Waals surface area contributed by atoms with Crippen LogP contribution in [0.3, 0.4) is 0 Å². The second kappa shape index (κ2) is 8.71. The van der Waals surface area contributed by atoms with E-state index < -0.39 is 18.9 Å². The minimum Gasteiger partial charge on any atom is -0.484 e. The SMILES string of the molecule is O[C@@H](CNc1cc(-c2ccc(OCC(F)(F)F)cc2)ncn1)c1ccccc1. The number of ether oxygens (including phenoxy) is 1. The minimum atomic E-state index is -4.38. The number of aromatic nitrogens is 2. The van der Waals surface area contributed by atoms with Crippen LogP contribution in [0.25, 0.3) is 11.3 Å². The highest BCUT2D eigenvalue weighted by Gasteiger charge is 2.28. The summed E-state index contributed by atoms with van der Waals surface area (Å²) in [7, 11) is 0. The lowest BCUT2D eigenvalue weighted by Crippen LogP contribution is -2.19. The van der Waals surface area contributed by atoms with Crippen molar-refractivity contribution in [1.82, 2.24) is 9.97 Å². The van der Waals surface area contributed by atoms with E-state index in [1.807, 2.05) is 30.3 Å². The van der Waals surface area contributed by atoms with E-state index in [0.717, 1.165) is 5.56 Å². The van der Waals surface area contributed by atoms with Gasteiger partial charge in [-0.15, -0.1) is 0 Å². The maximum atomic E-state index is 12.2. The Morgan fingerprint density at radius 2 is 1.71 bits per heavy atom. The van der Waals surface area contributed by atoms with Crippen LogP contribution in [0.5, 0.6) is 5.75 Å². The van der Waals surface area contributed by atoms with Crippen LogP contribution in [-0.4, -0.2) is 34.4 Å². The van der Waals surface area contributed by atoms with E-state index in [2.05, 4.69) is 15.3 Å². The van der Waals surface area contributed by atoms with Gasteiger partial charge in [0.05, 0.1) is 11.8 Å². The van der Waals surface area contributed by atoms with Gasteiger partial charge < -0.3 is 15.2 Å². The van der Waals surface area contributed by atoms with Crippen LogP contribution >= 0.6 is 0 Å². The van der Waals surface area contributed by atoms with Crippen LogP contribution in [0.15, 0.2) is 67.0 Å². The third kappa shape index (κ3) is 5.68. The number of hydrogen-bond acceptors (Lipinski definition) is 5. The second-order valence-electron chi connectivity index (χ2n) is 6.02. The average Bonchev–Trinajstić information content (AvgIpc) is 2.71. The van der Waals surface area contributed by atoms with Gasteiger partial charge in [0.1, 0.15) is 17.9 Å². The molecule has 1 heterocycles. The highest BCUT2D eigenvalue weighted by atomic mass is 19.4. The van der Waals surface area contributed by atoms with Gasteiger partial charge in [0, 0.05) is 18.2 Å². The Bertz CT molecular complexity index is 887. The number of anilines is 1. The van der Waals surface area contributed by atoms with Crippen LogP contribution in [0.2, 0.25) is 0 Å². The first-order valence-electron chi connectivity index (χ1n) is 8.49. The molecule has 1 aromatic heterocycles. The minimum absolute atomic E-state index is 0.125. The smallest absolute Gasteiger partial charge is 0.422 e. The Morgan fingerprint density at radius 3 is 2.39 bits per heavy atom. The molecule has 0 amide bonds. The van der Waals surface area contributed by atoms with Gasteiger partial charge in [0.2, 0.25) is 0 Å². The van der Waals surface area contributed by atoms with Gasteiger partial charge in [-0.3, -0.25) is 0 Å². The lowest BCUT2D eigenvalue weighted by molar-refractivity contribution is -0.153. The van der Waals surface area contributed by atoms with Gasteiger partial charge in [0.25, 0.3) is 0 Å². The molecule has 0 spiro atoms. The molecule has 0 fully saturated rings. The molecule has 0 radical (unpaired) electrons. The standard InChI is InChI=1S/C20H18F3N3O2/c21-20(22,23)12-28-16-8-6-14(7-9-16)17-10-19(26-13-25-17)24-11-18(27)15-4-2-1-3-5-15/h1-10,13,18,27H,11-12H2,(H,24,25,26)/t18-/m0/s1. The highest BCUT2D eigenvalue weighted by Crippen LogP contribution is 2.24. The van der Waals surface area contributed by atoms with E-state index in [9.17, 15) is 18.3 Å². The Labute approximate surface area is 159 Å². The van der Waals surface area contributed by atoms with Crippen LogP contribution in [-0.2, 0) is 0 Å². The fourth-order valence-corrected chi connectivity index (χ4v) is 2.49. The molecule has 3 rings (SSSR count). The van der Waals surface area contributed by atoms with E-state index >= 15 is 0 Å². The highest BCUT2D eigenvalue weighted by molar-refractivity contribution is 5.62. The third-order valence-electron chi connectivity index (χ3n) is 3.88. The largest absolute Gasteiger partial charge is 0.484 e. The van der Waals surface area contributed by atoms with Crippen LogP contribution in [0.4, 0.5) is 19.0 Å². The zero-order valence-corrected chi connectivity index (χ0v) is 14.7. The fourth-order valence-electron chi connectivity index (χ4n) is 2.49. The first kappa shape index (κ1) is 19.6. The Balaban J connectivity index is 1.63. The van der Waals surface area contributed by atoms with Crippen molar-refractivity contribution in [3.63, 3.8) is 0 Å². The average molecular weight is 389 g/mol. The molecule has 0 bridgehead atoms. The first-order chi connectivity index (χ1) is 13.4. The molecule has 5 nitrogen and oxygen atoms in total. The van der Waals surface area contributed by atoms with Gasteiger partial charge in [-0.05, 0) is 29.8 Å². The number of aliphatic hydroxyl groups excluding tert-OH is 1. The topological polar surface area (TPSA) is 67.3 Å². The monoisotopic (exact) mass is 389 g/mol. The maximum absolute atomic E-state index is 12.2. The van der Waals surface area contributed by atoms with E-state index in [0.29, 0.717) is 17.1 Å². The number of nitrogens with one attached hydrogen (secondary N) is 1. The summed E-state index contributed by atoms with van der Waals surface area (Å²) in [6.07, 6.45) is -3.69. The molecular weight excluding hydrogens is 371 g/mol. The summed E-state index contributed by atoms with van der Waals surface area (Å²) in [4.78, 5) is 8.30. The number of hydrogen-bond donors (Lipinski definition) is 2. The van der Waals surface area contributed by atoms with E-state index in [1.165, 1.54) is 18.5 Å². The van der Waals surface area contributed by atoms with Crippen molar-refractivity contribution < 1.29 is 23.0 Å². The summed E-state index contributed by atoms with van der Waals surface area (Å²) in [6.45, 7) is -1.07. The zero-order valence-electron chi connectivity index (χ0n) is 14.7. The normalized spacial score (nSPS) is 12.4. The van der Waals surface area contributed by atoms with Crippen molar-refractivity contribution >= 4 is 5.82 Å². The van der Waals surface area contributed by atoms with Gasteiger partial charge in [-0.25, -0.2) is 9.97 Å². The molecule has 2 N–H and O–H groups in total. The number of rotatable bonds is 7. The summed E-state index contributed by atoms with van der Waals surface area (Å²) in [5.74, 6) is 0.650. The number of halogens is 3. The molecule has 0 saturated heterocycles. The molecule has 0 aliphatic carbocycles. The van der Waals surface area contributed by atoms with Crippen molar-refractivity contribution in [1.29, 1.82) is 0 Å². The van der Waals surface area contributed by atoms with Crippen LogP contribution < -0.4 is 10.1 Å². The van der Waals surface area contributed by atoms with Gasteiger partial charge in [0.15, 0.2) is 6.61 Å². The molecule has 1 atom stereocenters. The summed E-state index contributed by atoms with van der Waals surface area (Å²) in [5.41, 5.74) is 2.08. The van der Waals surface area contributed by atoms with Crippen molar-refractivity contribution in [2.75, 3.05) is 18.5 Å². The van der Waals surface area contributed by atoms with Gasteiger partial charge in [-0.1, -0.05) is 30.3 Å². The number of alkyl halides is 3. The van der Waals surface area contributed by atoms with Gasteiger partial charge in [-0.2, -0.15) is 13.2 Å². The predicted molar refractivity (Wildman–Crippen MR) is 98.9 cm³/mol. The summed E-state index contributed by atoms with van der Waals surface area (Å²) in [6, 6.07) is 17.1. The maximum Gasteiger partial charge on any atom is 0.422 e. The summed E-state index contributed by atoms with van der Waals surface area (Å²) in [5, 5.41) is 13.3. The number of benzene rings is 2.